The van der Waals surface area contributed by atoms with Crippen molar-refractivity contribution in [1.82, 2.24) is 0 Å². The predicted molar refractivity (Wildman–Crippen MR) is 52.9 cm³/mol. The molecule has 0 radical (unpaired) electrons. The van der Waals surface area contributed by atoms with Crippen LogP contribution < -0.4 is 0 Å². The van der Waals surface area contributed by atoms with Crippen molar-refractivity contribution in [3.8, 4) is 0 Å². The highest BCUT2D eigenvalue weighted by Crippen LogP contribution is 2.17. The molecular formula is C9H14O4S. The lowest BCUT2D eigenvalue weighted by atomic mass is 10.2. The van der Waals surface area contributed by atoms with E-state index in [-0.39, 0.29) is 13.0 Å². The average Bonchev–Trinajstić information content (AvgIpc) is 2.77. The number of hydrogen-bond acceptors (Lipinski definition) is 5. The van der Waals surface area contributed by atoms with E-state index in [1.165, 1.54) is 0 Å². The van der Waals surface area contributed by atoms with E-state index in [0.717, 1.165) is 0 Å². The van der Waals surface area contributed by atoms with Crippen molar-refractivity contribution in [2.24, 2.45) is 0 Å². The van der Waals surface area contributed by atoms with Crippen molar-refractivity contribution in [2.45, 2.75) is 24.9 Å². The molecule has 0 saturated carbocycles. The zero-order valence-corrected chi connectivity index (χ0v) is 8.43. The minimum Gasteiger partial charge on any atom is -0.394 e. The van der Waals surface area contributed by atoms with Gasteiger partial charge in [-0.3, -0.25) is 0 Å². The SMILES string of the molecule is OC[C@H]1OC(O)C[C@@H]1O.c1ccsc1. The van der Waals surface area contributed by atoms with Crippen LogP contribution in [0.15, 0.2) is 22.9 Å². The Hall–Kier alpha value is -0.460. The maximum absolute atomic E-state index is 8.91. The van der Waals surface area contributed by atoms with Crippen LogP contribution in [0.25, 0.3) is 0 Å². The van der Waals surface area contributed by atoms with Crippen molar-refractivity contribution in [3.05, 3.63) is 22.9 Å². The normalized spacial score (nSPS) is 30.9. The summed E-state index contributed by atoms with van der Waals surface area (Å²) in [4.78, 5) is 0. The fourth-order valence-electron chi connectivity index (χ4n) is 1.10. The molecule has 1 saturated heterocycles. The Morgan fingerprint density at radius 3 is 2.14 bits per heavy atom. The molecule has 0 bridgehead atoms. The molecule has 0 aliphatic carbocycles. The van der Waals surface area contributed by atoms with Gasteiger partial charge in [0.25, 0.3) is 0 Å². The molecule has 2 heterocycles. The third kappa shape index (κ3) is 3.73. The van der Waals surface area contributed by atoms with E-state index in [0.29, 0.717) is 0 Å². The fraction of sp³-hybridized carbons (Fsp3) is 0.556. The van der Waals surface area contributed by atoms with Crippen LogP contribution in [0.1, 0.15) is 6.42 Å². The van der Waals surface area contributed by atoms with Crippen LogP contribution in [-0.4, -0.2) is 40.4 Å². The van der Waals surface area contributed by atoms with Crippen LogP contribution in [0.3, 0.4) is 0 Å². The Morgan fingerprint density at radius 1 is 1.29 bits per heavy atom. The summed E-state index contributed by atoms with van der Waals surface area (Å²) in [5.41, 5.74) is 0. The molecule has 4 nitrogen and oxygen atoms in total. The van der Waals surface area contributed by atoms with Crippen LogP contribution in [-0.2, 0) is 4.74 Å². The molecule has 1 fully saturated rings. The Kier molecular flexibility index (Phi) is 5.06. The Bertz CT molecular complexity index is 210. The molecular weight excluding hydrogens is 204 g/mol. The second kappa shape index (κ2) is 6.10. The molecule has 80 valence electrons. The van der Waals surface area contributed by atoms with Gasteiger partial charge in [-0.15, -0.1) is 0 Å². The molecule has 1 aliphatic rings. The van der Waals surface area contributed by atoms with E-state index in [1.54, 1.807) is 11.3 Å². The number of aliphatic hydroxyl groups excluding tert-OH is 3. The Morgan fingerprint density at radius 2 is 1.93 bits per heavy atom. The minimum absolute atomic E-state index is 0.200. The van der Waals surface area contributed by atoms with Crippen molar-refractivity contribution in [3.63, 3.8) is 0 Å². The van der Waals surface area contributed by atoms with Crippen LogP contribution in [0.4, 0.5) is 0 Å². The third-order valence-corrected chi connectivity index (χ3v) is 2.44. The topological polar surface area (TPSA) is 69.9 Å². The lowest BCUT2D eigenvalue weighted by Gasteiger charge is -2.08. The molecule has 5 heteroatoms. The van der Waals surface area contributed by atoms with Gasteiger partial charge >= 0.3 is 0 Å². The molecule has 0 amide bonds. The zero-order valence-electron chi connectivity index (χ0n) is 7.61. The highest BCUT2D eigenvalue weighted by atomic mass is 32.1. The first-order valence-electron chi connectivity index (χ1n) is 4.33. The first-order chi connectivity index (χ1) is 6.74. The number of rotatable bonds is 1. The molecule has 2 rings (SSSR count). The summed E-state index contributed by atoms with van der Waals surface area (Å²) in [6.45, 7) is -0.238. The first-order valence-corrected chi connectivity index (χ1v) is 5.28. The zero-order chi connectivity index (χ0) is 10.4. The van der Waals surface area contributed by atoms with Gasteiger partial charge in [0.05, 0.1) is 12.7 Å². The molecule has 0 spiro atoms. The molecule has 1 aromatic rings. The maximum Gasteiger partial charge on any atom is 0.157 e. The molecule has 14 heavy (non-hydrogen) atoms. The van der Waals surface area contributed by atoms with Gasteiger partial charge in [0.2, 0.25) is 0 Å². The molecule has 3 N–H and O–H groups in total. The summed E-state index contributed by atoms with van der Waals surface area (Å²) in [6, 6.07) is 4.04. The average molecular weight is 218 g/mol. The molecule has 0 aromatic carbocycles. The smallest absolute Gasteiger partial charge is 0.157 e. The number of hydrogen-bond donors (Lipinski definition) is 3. The second-order valence-electron chi connectivity index (χ2n) is 2.91. The third-order valence-electron chi connectivity index (χ3n) is 1.81. The second-order valence-corrected chi connectivity index (χ2v) is 3.72. The van der Waals surface area contributed by atoms with E-state index in [2.05, 4.69) is 4.74 Å². The van der Waals surface area contributed by atoms with Crippen molar-refractivity contribution < 1.29 is 20.1 Å². The van der Waals surface area contributed by atoms with E-state index < -0.39 is 18.5 Å². The maximum atomic E-state index is 8.91. The van der Waals surface area contributed by atoms with E-state index in [4.69, 9.17) is 15.3 Å². The number of thiophene rings is 1. The van der Waals surface area contributed by atoms with Gasteiger partial charge in [0.15, 0.2) is 6.29 Å². The highest BCUT2D eigenvalue weighted by Gasteiger charge is 2.31. The van der Waals surface area contributed by atoms with Crippen LogP contribution in [0.5, 0.6) is 0 Å². The van der Waals surface area contributed by atoms with Crippen LogP contribution in [0.2, 0.25) is 0 Å². The largest absolute Gasteiger partial charge is 0.394 e. The van der Waals surface area contributed by atoms with Crippen LogP contribution in [0, 0.1) is 0 Å². The van der Waals surface area contributed by atoms with Gasteiger partial charge in [-0.25, -0.2) is 0 Å². The van der Waals surface area contributed by atoms with Gasteiger partial charge in [-0.05, 0) is 10.8 Å². The van der Waals surface area contributed by atoms with Gasteiger partial charge in [0.1, 0.15) is 6.10 Å². The van der Waals surface area contributed by atoms with E-state index >= 15 is 0 Å². The monoisotopic (exact) mass is 218 g/mol. The van der Waals surface area contributed by atoms with E-state index in [9.17, 15) is 0 Å². The van der Waals surface area contributed by atoms with Gasteiger partial charge in [-0.2, -0.15) is 11.3 Å². The standard InChI is InChI=1S/C5H10O4.C4H4S/c6-2-4-3(7)1-5(8)9-4;1-2-4-5-3-1/h3-8H,1-2H2;1-4H/t3-,4+,5?;/m0./s1. The molecule has 3 atom stereocenters. The fourth-order valence-corrected chi connectivity index (χ4v) is 1.55. The Labute approximate surface area is 86.4 Å². The molecule has 1 aromatic heterocycles. The van der Waals surface area contributed by atoms with Crippen molar-refractivity contribution in [1.29, 1.82) is 0 Å². The summed E-state index contributed by atoms with van der Waals surface area (Å²) < 4.78 is 4.68. The summed E-state index contributed by atoms with van der Waals surface area (Å²) in [5, 5.41) is 30.2. The van der Waals surface area contributed by atoms with Gasteiger partial charge in [0, 0.05) is 6.42 Å². The highest BCUT2D eigenvalue weighted by molar-refractivity contribution is 7.07. The number of ether oxygens (including phenoxy) is 1. The lowest BCUT2D eigenvalue weighted by molar-refractivity contribution is -0.107. The predicted octanol–water partition coefficient (Wildman–Crippen LogP) is 0.195. The van der Waals surface area contributed by atoms with Crippen LogP contribution >= 0.6 is 11.3 Å². The quantitative estimate of drug-likeness (QED) is 0.629. The number of aliphatic hydroxyl groups is 3. The molecule has 1 aliphatic heterocycles. The minimum atomic E-state index is -0.905. The molecule has 1 unspecified atom stereocenters. The summed E-state index contributed by atoms with van der Waals surface area (Å²) in [5.74, 6) is 0. The van der Waals surface area contributed by atoms with E-state index in [1.807, 2.05) is 22.9 Å². The first kappa shape index (κ1) is 11.6. The van der Waals surface area contributed by atoms with Crippen molar-refractivity contribution in [2.75, 3.05) is 6.61 Å². The lowest BCUT2D eigenvalue weighted by Crippen LogP contribution is -2.24. The summed E-state index contributed by atoms with van der Waals surface area (Å²) >= 11 is 1.71. The Balaban J connectivity index is 0.000000165. The van der Waals surface area contributed by atoms with Gasteiger partial charge in [-0.1, -0.05) is 12.1 Å². The summed E-state index contributed by atoms with van der Waals surface area (Å²) in [6.07, 6.45) is -2.02. The van der Waals surface area contributed by atoms with Gasteiger partial charge < -0.3 is 20.1 Å². The van der Waals surface area contributed by atoms with Crippen molar-refractivity contribution >= 4 is 11.3 Å². The summed E-state index contributed by atoms with van der Waals surface area (Å²) in [7, 11) is 0.